The summed E-state index contributed by atoms with van der Waals surface area (Å²) in [5, 5.41) is 24.0. The second-order valence-electron chi connectivity index (χ2n) is 8.07. The molecule has 1 unspecified atom stereocenters. The summed E-state index contributed by atoms with van der Waals surface area (Å²) < 4.78 is 4.90. The third-order valence-corrected chi connectivity index (χ3v) is 6.27. The van der Waals surface area contributed by atoms with Crippen molar-refractivity contribution in [1.82, 2.24) is 5.16 Å². The molecule has 7 nitrogen and oxygen atoms in total. The first-order valence-corrected chi connectivity index (χ1v) is 11.0. The molecule has 0 saturated carbocycles. The quantitative estimate of drug-likeness (QED) is 0.487. The van der Waals surface area contributed by atoms with Crippen molar-refractivity contribution < 1.29 is 24.3 Å². The van der Waals surface area contributed by atoms with E-state index in [2.05, 4.69) is 5.16 Å². The van der Waals surface area contributed by atoms with E-state index in [1.165, 1.54) is 11.2 Å². The number of amides is 1. The van der Waals surface area contributed by atoms with Crippen molar-refractivity contribution in [2.24, 2.45) is 5.92 Å². The Morgan fingerprint density at radius 2 is 1.73 bits per heavy atom. The predicted octanol–water partition coefficient (Wildman–Crippen LogP) is 4.68. The predicted molar refractivity (Wildman–Crippen MR) is 124 cm³/mol. The number of carbonyl (C=O) groups is 2. The van der Waals surface area contributed by atoms with Gasteiger partial charge in [0.05, 0.1) is 18.2 Å². The Bertz CT molecular complexity index is 1160. The number of hydrogen-bond acceptors (Lipinski definition) is 6. The van der Waals surface area contributed by atoms with Crippen LogP contribution in [0.4, 0.5) is 5.69 Å². The maximum absolute atomic E-state index is 13.5. The van der Waals surface area contributed by atoms with Crippen molar-refractivity contribution in [1.29, 1.82) is 0 Å². The van der Waals surface area contributed by atoms with Crippen molar-refractivity contribution in [3.8, 4) is 11.3 Å². The molecule has 4 rings (SSSR count). The molecule has 0 aliphatic carbocycles. The summed E-state index contributed by atoms with van der Waals surface area (Å²) in [7, 11) is 0. The lowest BCUT2D eigenvalue weighted by atomic mass is 9.85. The van der Waals surface area contributed by atoms with Gasteiger partial charge in [0.1, 0.15) is 12.0 Å². The molecule has 3 aromatic rings. The highest BCUT2D eigenvalue weighted by atomic mass is 16.5. The van der Waals surface area contributed by atoms with Crippen LogP contribution in [0, 0.1) is 5.92 Å². The molecule has 170 valence electrons. The molecule has 1 aromatic heterocycles. The van der Waals surface area contributed by atoms with Gasteiger partial charge in [-0.2, -0.15) is 0 Å². The first-order chi connectivity index (χ1) is 16.0. The number of hydrogen-bond donors (Lipinski definition) is 2. The largest absolute Gasteiger partial charge is 0.503 e. The van der Waals surface area contributed by atoms with Crippen LogP contribution >= 0.6 is 0 Å². The van der Waals surface area contributed by atoms with Gasteiger partial charge in [0.15, 0.2) is 11.5 Å². The number of aromatic nitrogens is 1. The van der Waals surface area contributed by atoms with E-state index in [9.17, 15) is 19.8 Å². The molecule has 0 spiro atoms. The van der Waals surface area contributed by atoms with Crippen LogP contribution in [0.5, 0.6) is 0 Å². The van der Waals surface area contributed by atoms with E-state index in [1.54, 1.807) is 42.5 Å². The number of anilines is 1. The Morgan fingerprint density at radius 1 is 1.06 bits per heavy atom. The molecule has 2 aromatic carbocycles. The summed E-state index contributed by atoms with van der Waals surface area (Å²) in [4.78, 5) is 28.2. The topological polar surface area (TPSA) is 104 Å². The van der Waals surface area contributed by atoms with Crippen molar-refractivity contribution in [3.63, 3.8) is 0 Å². The highest BCUT2D eigenvalue weighted by Gasteiger charge is 2.46. The van der Waals surface area contributed by atoms with Gasteiger partial charge in [-0.05, 0) is 23.6 Å². The highest BCUT2D eigenvalue weighted by Crippen LogP contribution is 2.38. The van der Waals surface area contributed by atoms with E-state index in [-0.39, 0.29) is 23.9 Å². The second-order valence-corrected chi connectivity index (χ2v) is 8.07. The Balaban J connectivity index is 1.74. The zero-order valence-corrected chi connectivity index (χ0v) is 18.6. The first kappa shape index (κ1) is 22.5. The van der Waals surface area contributed by atoms with Crippen molar-refractivity contribution in [2.75, 3.05) is 4.90 Å². The van der Waals surface area contributed by atoms with Crippen LogP contribution < -0.4 is 4.90 Å². The van der Waals surface area contributed by atoms with Gasteiger partial charge in [0.2, 0.25) is 0 Å². The van der Waals surface area contributed by atoms with Gasteiger partial charge in [-0.1, -0.05) is 68.2 Å². The lowest BCUT2D eigenvalue weighted by Gasteiger charge is -2.32. The summed E-state index contributed by atoms with van der Waals surface area (Å²) in [5.74, 6) is -1.51. The number of Topliss-reactive ketones (excluding diaryl/α,β-unsaturated/α-hetero) is 1. The number of carbonyl (C=O) groups excluding carboxylic acids is 2. The van der Waals surface area contributed by atoms with Gasteiger partial charge in [0, 0.05) is 22.9 Å². The van der Waals surface area contributed by atoms with E-state index in [0.29, 0.717) is 22.5 Å². The van der Waals surface area contributed by atoms with Crippen LogP contribution in [0.1, 0.15) is 42.6 Å². The molecule has 7 heteroatoms. The van der Waals surface area contributed by atoms with Crippen LogP contribution in [-0.4, -0.2) is 33.1 Å². The molecule has 0 bridgehead atoms. The Hall–Kier alpha value is -3.71. The standard InChI is InChI=1S/C26H26N2O5/c1-3-17(4-2)23-22(24(30)19-7-5-16(15-29)6-8-19)25(31)26(32)28(23)20-11-9-18(10-12-20)21-13-14-33-27-21/h5-14,17,23,29,31H,3-4,15H2,1-2H3. The molecular formula is C26H26N2O5. The molecule has 0 saturated heterocycles. The van der Waals surface area contributed by atoms with Gasteiger partial charge < -0.3 is 14.7 Å². The normalized spacial score (nSPS) is 16.2. The van der Waals surface area contributed by atoms with Gasteiger partial charge in [-0.25, -0.2) is 0 Å². The molecule has 1 aliphatic heterocycles. The van der Waals surface area contributed by atoms with Gasteiger partial charge >= 0.3 is 0 Å². The van der Waals surface area contributed by atoms with Crippen molar-refractivity contribution in [3.05, 3.63) is 83.3 Å². The maximum Gasteiger partial charge on any atom is 0.294 e. The Labute approximate surface area is 192 Å². The molecule has 33 heavy (non-hydrogen) atoms. The maximum atomic E-state index is 13.5. The van der Waals surface area contributed by atoms with Gasteiger partial charge in [-0.15, -0.1) is 0 Å². The van der Waals surface area contributed by atoms with Gasteiger partial charge in [-0.3, -0.25) is 14.5 Å². The van der Waals surface area contributed by atoms with E-state index < -0.39 is 17.7 Å². The number of benzene rings is 2. The minimum atomic E-state index is -0.588. The minimum absolute atomic E-state index is 0.0236. The molecule has 0 radical (unpaired) electrons. The minimum Gasteiger partial charge on any atom is -0.503 e. The van der Waals surface area contributed by atoms with Crippen molar-refractivity contribution >= 4 is 17.4 Å². The number of aliphatic hydroxyl groups is 2. The SMILES string of the molecule is CCC(CC)C1C(C(=O)c2ccc(CO)cc2)=C(O)C(=O)N1c1ccc(-c2ccon2)cc1. The Morgan fingerprint density at radius 3 is 2.27 bits per heavy atom. The molecule has 2 N–H and O–H groups in total. The molecule has 2 heterocycles. The summed E-state index contributed by atoms with van der Waals surface area (Å²) in [6.07, 6.45) is 2.95. The fourth-order valence-corrected chi connectivity index (χ4v) is 4.40. The van der Waals surface area contributed by atoms with Gasteiger partial charge in [0.25, 0.3) is 5.91 Å². The van der Waals surface area contributed by atoms with E-state index >= 15 is 0 Å². The fourth-order valence-electron chi connectivity index (χ4n) is 4.40. The number of rotatable bonds is 8. The van der Waals surface area contributed by atoms with E-state index in [1.807, 2.05) is 26.0 Å². The van der Waals surface area contributed by atoms with Crippen LogP contribution in [0.3, 0.4) is 0 Å². The summed E-state index contributed by atoms with van der Waals surface area (Å²) >= 11 is 0. The van der Waals surface area contributed by atoms with Crippen LogP contribution in [0.15, 0.2) is 76.7 Å². The lowest BCUT2D eigenvalue weighted by molar-refractivity contribution is -0.117. The van der Waals surface area contributed by atoms with Crippen molar-refractivity contribution in [2.45, 2.75) is 39.3 Å². The molecule has 1 aliphatic rings. The third-order valence-electron chi connectivity index (χ3n) is 6.27. The molecule has 1 atom stereocenters. The van der Waals surface area contributed by atoms with Crippen LogP contribution in [0.2, 0.25) is 0 Å². The second kappa shape index (κ2) is 9.42. The monoisotopic (exact) mass is 446 g/mol. The summed E-state index contributed by atoms with van der Waals surface area (Å²) in [5.41, 5.74) is 3.25. The third kappa shape index (κ3) is 4.07. The highest BCUT2D eigenvalue weighted by molar-refractivity contribution is 6.20. The van der Waals surface area contributed by atoms with Crippen LogP contribution in [0.25, 0.3) is 11.3 Å². The first-order valence-electron chi connectivity index (χ1n) is 11.0. The molecule has 1 amide bonds. The average Bonchev–Trinajstić information content (AvgIpc) is 3.47. The fraction of sp³-hybridized carbons (Fsp3) is 0.269. The zero-order valence-electron chi connectivity index (χ0n) is 18.6. The summed E-state index contributed by atoms with van der Waals surface area (Å²) in [6.45, 7) is 3.89. The smallest absolute Gasteiger partial charge is 0.294 e. The summed E-state index contributed by atoms with van der Waals surface area (Å²) in [6, 6.07) is 14.9. The van der Waals surface area contributed by atoms with E-state index in [4.69, 9.17) is 4.52 Å². The molecular weight excluding hydrogens is 420 g/mol. The lowest BCUT2D eigenvalue weighted by Crippen LogP contribution is -2.42. The van der Waals surface area contributed by atoms with E-state index in [0.717, 1.165) is 18.4 Å². The Kier molecular flexibility index (Phi) is 6.42. The number of ketones is 1. The zero-order chi connectivity index (χ0) is 23.5. The number of nitrogens with zero attached hydrogens (tertiary/aromatic N) is 2. The average molecular weight is 447 g/mol. The van der Waals surface area contributed by atoms with Crippen LogP contribution in [-0.2, 0) is 11.4 Å². The molecule has 0 fully saturated rings. The number of aliphatic hydroxyl groups excluding tert-OH is 2.